The Balaban J connectivity index is 2.13. The number of hydrogen-bond acceptors (Lipinski definition) is 4. The summed E-state index contributed by atoms with van der Waals surface area (Å²) in [7, 11) is 0. The van der Waals surface area contributed by atoms with Gasteiger partial charge in [0.15, 0.2) is 0 Å². The zero-order valence-corrected chi connectivity index (χ0v) is 10.1. The number of nitrogens with zero attached hydrogens (tertiary/aromatic N) is 4. The zero-order chi connectivity index (χ0) is 12.3. The normalized spacial score (nSPS) is 12.9. The highest BCUT2D eigenvalue weighted by molar-refractivity contribution is 5.15. The highest BCUT2D eigenvalue weighted by Crippen LogP contribution is 2.15. The van der Waals surface area contributed by atoms with Crippen molar-refractivity contribution < 1.29 is 0 Å². The molecule has 1 atom stereocenters. The predicted octanol–water partition coefficient (Wildman–Crippen LogP) is 1.50. The van der Waals surface area contributed by atoms with Gasteiger partial charge in [-0.1, -0.05) is 0 Å². The lowest BCUT2D eigenvalue weighted by molar-refractivity contribution is 0.493. The first-order valence-corrected chi connectivity index (χ1v) is 5.72. The predicted molar refractivity (Wildman–Crippen MR) is 65.3 cm³/mol. The van der Waals surface area contributed by atoms with Gasteiger partial charge in [0.25, 0.3) is 0 Å². The average Bonchev–Trinajstić information content (AvgIpc) is 2.78. The van der Waals surface area contributed by atoms with Crippen LogP contribution in [0, 0.1) is 0 Å². The Morgan fingerprint density at radius 3 is 2.65 bits per heavy atom. The number of nitrogens with two attached hydrogens (primary N) is 1. The highest BCUT2D eigenvalue weighted by Gasteiger charge is 2.13. The van der Waals surface area contributed by atoms with Crippen LogP contribution in [-0.2, 0) is 6.42 Å². The summed E-state index contributed by atoms with van der Waals surface area (Å²) in [5.41, 5.74) is 7.21. The second-order valence-corrected chi connectivity index (χ2v) is 4.31. The molecular weight excluding hydrogens is 214 g/mol. The highest BCUT2D eigenvalue weighted by atomic mass is 15.3. The number of pyridine rings is 1. The Labute approximate surface area is 101 Å². The molecule has 17 heavy (non-hydrogen) atoms. The number of aromatic nitrogens is 4. The third-order valence-electron chi connectivity index (χ3n) is 2.67. The molecule has 2 heterocycles. The van der Waals surface area contributed by atoms with Crippen molar-refractivity contribution in [3.63, 3.8) is 0 Å². The molecular formula is C12H17N5. The molecule has 5 heteroatoms. The molecule has 2 rings (SSSR count). The molecule has 0 aromatic carbocycles. The quantitative estimate of drug-likeness (QED) is 0.865. The van der Waals surface area contributed by atoms with Crippen molar-refractivity contribution in [2.24, 2.45) is 5.73 Å². The lowest BCUT2D eigenvalue weighted by Crippen LogP contribution is -2.18. The van der Waals surface area contributed by atoms with Crippen LogP contribution in [0.25, 0.3) is 0 Å². The minimum Gasteiger partial charge on any atom is -0.324 e. The monoisotopic (exact) mass is 231 g/mol. The molecule has 2 aromatic rings. The minimum absolute atomic E-state index is 0.0697. The summed E-state index contributed by atoms with van der Waals surface area (Å²) in [4.78, 5) is 8.24. The van der Waals surface area contributed by atoms with Gasteiger partial charge in [0.05, 0.1) is 0 Å². The van der Waals surface area contributed by atoms with Crippen molar-refractivity contribution in [3.05, 3.63) is 42.2 Å². The van der Waals surface area contributed by atoms with E-state index in [1.165, 1.54) is 0 Å². The molecule has 90 valence electrons. The van der Waals surface area contributed by atoms with Crippen molar-refractivity contribution in [3.8, 4) is 0 Å². The average molecular weight is 231 g/mol. The van der Waals surface area contributed by atoms with E-state index in [-0.39, 0.29) is 6.04 Å². The van der Waals surface area contributed by atoms with Crippen molar-refractivity contribution in [1.82, 2.24) is 19.7 Å². The number of hydrogen-bond donors (Lipinski definition) is 1. The van der Waals surface area contributed by atoms with Crippen LogP contribution < -0.4 is 5.73 Å². The van der Waals surface area contributed by atoms with Gasteiger partial charge in [0.2, 0.25) is 0 Å². The molecule has 2 aromatic heterocycles. The Morgan fingerprint density at radius 2 is 2.00 bits per heavy atom. The first-order chi connectivity index (χ1) is 8.18. The molecule has 0 fully saturated rings. The lowest BCUT2D eigenvalue weighted by Gasteiger charge is -2.14. The van der Waals surface area contributed by atoms with Gasteiger partial charge in [-0.25, -0.2) is 9.67 Å². The summed E-state index contributed by atoms with van der Waals surface area (Å²) in [6, 6.07) is 4.10. The molecule has 0 radical (unpaired) electrons. The summed E-state index contributed by atoms with van der Waals surface area (Å²) < 4.78 is 1.90. The van der Waals surface area contributed by atoms with Crippen LogP contribution in [0.2, 0.25) is 0 Å². The van der Waals surface area contributed by atoms with E-state index in [1.807, 2.05) is 16.8 Å². The van der Waals surface area contributed by atoms with Gasteiger partial charge in [-0.05, 0) is 31.5 Å². The Kier molecular flexibility index (Phi) is 3.49. The van der Waals surface area contributed by atoms with Crippen LogP contribution in [0.5, 0.6) is 0 Å². The largest absolute Gasteiger partial charge is 0.324 e. The van der Waals surface area contributed by atoms with Crippen molar-refractivity contribution in [2.75, 3.05) is 0 Å². The standard InChI is InChI=1S/C12H17N5/c1-9(2)17-12(15-8-16-17)7-11(13)10-3-5-14-6-4-10/h3-6,8-9,11H,7,13H2,1-2H3. The lowest BCUT2D eigenvalue weighted by atomic mass is 10.1. The third kappa shape index (κ3) is 2.68. The molecule has 1 unspecified atom stereocenters. The maximum Gasteiger partial charge on any atom is 0.138 e. The second kappa shape index (κ2) is 5.05. The molecule has 0 saturated carbocycles. The fraction of sp³-hybridized carbons (Fsp3) is 0.417. The molecule has 0 saturated heterocycles. The molecule has 5 nitrogen and oxygen atoms in total. The van der Waals surface area contributed by atoms with Gasteiger partial charge < -0.3 is 5.73 Å². The molecule has 0 aliphatic carbocycles. The van der Waals surface area contributed by atoms with Crippen LogP contribution in [0.4, 0.5) is 0 Å². The second-order valence-electron chi connectivity index (χ2n) is 4.31. The van der Waals surface area contributed by atoms with Gasteiger partial charge in [0, 0.05) is 30.9 Å². The fourth-order valence-corrected chi connectivity index (χ4v) is 1.78. The molecule has 0 spiro atoms. The van der Waals surface area contributed by atoms with Gasteiger partial charge >= 0.3 is 0 Å². The van der Waals surface area contributed by atoms with Gasteiger partial charge in [0.1, 0.15) is 12.2 Å². The first kappa shape index (κ1) is 11.7. The Bertz CT molecular complexity index is 463. The number of rotatable bonds is 4. The molecule has 0 aliphatic rings. The van der Waals surface area contributed by atoms with E-state index in [1.54, 1.807) is 18.7 Å². The summed E-state index contributed by atoms with van der Waals surface area (Å²) in [6.45, 7) is 4.16. The van der Waals surface area contributed by atoms with E-state index in [0.717, 1.165) is 11.4 Å². The topological polar surface area (TPSA) is 69.6 Å². The van der Waals surface area contributed by atoms with Gasteiger partial charge in [-0.3, -0.25) is 4.98 Å². The van der Waals surface area contributed by atoms with E-state index >= 15 is 0 Å². The molecule has 0 bridgehead atoms. The van der Waals surface area contributed by atoms with E-state index in [4.69, 9.17) is 5.73 Å². The first-order valence-electron chi connectivity index (χ1n) is 5.72. The SMILES string of the molecule is CC(C)n1ncnc1CC(N)c1ccncc1. The van der Waals surface area contributed by atoms with Crippen LogP contribution in [0.15, 0.2) is 30.9 Å². The molecule has 2 N–H and O–H groups in total. The van der Waals surface area contributed by atoms with E-state index in [0.29, 0.717) is 12.5 Å². The minimum atomic E-state index is -0.0697. The molecule has 0 aliphatic heterocycles. The summed E-state index contributed by atoms with van der Waals surface area (Å²) in [5, 5.41) is 4.20. The van der Waals surface area contributed by atoms with Crippen molar-refractivity contribution >= 4 is 0 Å². The van der Waals surface area contributed by atoms with Crippen molar-refractivity contribution in [2.45, 2.75) is 32.4 Å². The summed E-state index contributed by atoms with van der Waals surface area (Å²) in [6.07, 6.45) is 5.77. The Morgan fingerprint density at radius 1 is 1.29 bits per heavy atom. The van der Waals surface area contributed by atoms with Crippen LogP contribution in [-0.4, -0.2) is 19.7 Å². The van der Waals surface area contributed by atoms with Crippen molar-refractivity contribution in [1.29, 1.82) is 0 Å². The van der Waals surface area contributed by atoms with Crippen LogP contribution >= 0.6 is 0 Å². The fourth-order valence-electron chi connectivity index (χ4n) is 1.78. The van der Waals surface area contributed by atoms with E-state index in [9.17, 15) is 0 Å². The Hall–Kier alpha value is -1.75. The third-order valence-corrected chi connectivity index (χ3v) is 2.67. The van der Waals surface area contributed by atoms with E-state index < -0.39 is 0 Å². The smallest absolute Gasteiger partial charge is 0.138 e. The molecule has 0 amide bonds. The van der Waals surface area contributed by atoms with Gasteiger partial charge in [-0.15, -0.1) is 0 Å². The maximum absolute atomic E-state index is 6.15. The zero-order valence-electron chi connectivity index (χ0n) is 10.1. The van der Waals surface area contributed by atoms with Crippen LogP contribution in [0.3, 0.4) is 0 Å². The van der Waals surface area contributed by atoms with Crippen LogP contribution in [0.1, 0.15) is 37.3 Å². The van der Waals surface area contributed by atoms with Gasteiger partial charge in [-0.2, -0.15) is 5.10 Å². The summed E-state index contributed by atoms with van der Waals surface area (Å²) in [5.74, 6) is 0.921. The maximum atomic E-state index is 6.15. The van der Waals surface area contributed by atoms with E-state index in [2.05, 4.69) is 28.9 Å². The summed E-state index contributed by atoms with van der Waals surface area (Å²) >= 11 is 0.